The van der Waals surface area contributed by atoms with Gasteiger partial charge in [-0.1, -0.05) is 0 Å². The number of hydrogen-bond donors (Lipinski definition) is 2. The first kappa shape index (κ1) is 13.4. The summed E-state index contributed by atoms with van der Waals surface area (Å²) in [6, 6.07) is 6.60. The van der Waals surface area contributed by atoms with Gasteiger partial charge in [0.15, 0.2) is 0 Å². The van der Waals surface area contributed by atoms with E-state index in [0.717, 1.165) is 27.8 Å². The van der Waals surface area contributed by atoms with Crippen molar-refractivity contribution >= 4 is 38.6 Å². The lowest BCUT2D eigenvalue weighted by molar-refractivity contribution is 0.792. The summed E-state index contributed by atoms with van der Waals surface area (Å²) < 4.78 is 1.02. The predicted molar refractivity (Wildman–Crippen MR) is 84.4 cm³/mol. The van der Waals surface area contributed by atoms with E-state index in [4.69, 9.17) is 5.73 Å². The quantitative estimate of drug-likeness (QED) is 0.815. The highest BCUT2D eigenvalue weighted by atomic mass is 79.9. The van der Waals surface area contributed by atoms with Crippen LogP contribution in [0.2, 0.25) is 0 Å². The minimum Gasteiger partial charge on any atom is -0.398 e. The Balaban J connectivity index is 2.07. The Kier molecular flexibility index (Phi) is 4.30. The van der Waals surface area contributed by atoms with Gasteiger partial charge in [0.05, 0.1) is 0 Å². The van der Waals surface area contributed by atoms with Gasteiger partial charge in [-0.25, -0.2) is 0 Å². The zero-order chi connectivity index (χ0) is 13.1. The van der Waals surface area contributed by atoms with E-state index >= 15 is 0 Å². The number of nitrogens with one attached hydrogen (secondary N) is 1. The second kappa shape index (κ2) is 5.76. The molecule has 1 atom stereocenters. The molecule has 0 bridgehead atoms. The fraction of sp³-hybridized carbons (Fsp3) is 0.286. The van der Waals surface area contributed by atoms with E-state index in [1.165, 1.54) is 5.56 Å². The molecule has 2 nitrogen and oxygen atoms in total. The summed E-state index contributed by atoms with van der Waals surface area (Å²) in [7, 11) is 0. The maximum Gasteiger partial charge on any atom is 0.0490 e. The topological polar surface area (TPSA) is 38.0 Å². The number of benzene rings is 1. The Morgan fingerprint density at radius 2 is 2.22 bits per heavy atom. The van der Waals surface area contributed by atoms with Gasteiger partial charge in [0, 0.05) is 21.9 Å². The molecule has 4 heteroatoms. The van der Waals surface area contributed by atoms with Crippen molar-refractivity contribution in [3.05, 3.63) is 44.6 Å². The number of nitrogens with two attached hydrogens (primary N) is 1. The molecule has 1 heterocycles. The van der Waals surface area contributed by atoms with Crippen molar-refractivity contribution < 1.29 is 0 Å². The molecule has 0 aliphatic heterocycles. The Hall–Kier alpha value is -1.00. The largest absolute Gasteiger partial charge is 0.398 e. The molecule has 2 aromatic rings. The van der Waals surface area contributed by atoms with Crippen LogP contribution in [0.4, 0.5) is 11.4 Å². The van der Waals surface area contributed by atoms with Gasteiger partial charge in [0.2, 0.25) is 0 Å². The predicted octanol–water partition coefficient (Wildman–Crippen LogP) is 4.44. The Labute approximate surface area is 120 Å². The minimum absolute atomic E-state index is 0.388. The van der Waals surface area contributed by atoms with Crippen LogP contribution in [-0.2, 0) is 6.42 Å². The number of nitrogen functional groups attached to an aromatic ring is 1. The van der Waals surface area contributed by atoms with E-state index in [-0.39, 0.29) is 0 Å². The van der Waals surface area contributed by atoms with Gasteiger partial charge >= 0.3 is 0 Å². The normalized spacial score (nSPS) is 12.4. The van der Waals surface area contributed by atoms with E-state index in [2.05, 4.69) is 51.1 Å². The second-order valence-corrected chi connectivity index (χ2v) is 6.20. The van der Waals surface area contributed by atoms with Crippen LogP contribution >= 0.6 is 27.3 Å². The number of anilines is 2. The van der Waals surface area contributed by atoms with Gasteiger partial charge in [0.25, 0.3) is 0 Å². The Morgan fingerprint density at radius 1 is 1.44 bits per heavy atom. The highest BCUT2D eigenvalue weighted by molar-refractivity contribution is 9.10. The second-order valence-electron chi connectivity index (χ2n) is 4.57. The lowest BCUT2D eigenvalue weighted by atomic mass is 10.1. The van der Waals surface area contributed by atoms with Crippen molar-refractivity contribution in [3.8, 4) is 0 Å². The van der Waals surface area contributed by atoms with Crippen LogP contribution in [0.3, 0.4) is 0 Å². The lowest BCUT2D eigenvalue weighted by Crippen LogP contribution is -2.18. The van der Waals surface area contributed by atoms with Crippen molar-refractivity contribution in [2.24, 2.45) is 0 Å². The number of halogens is 1. The molecule has 0 saturated carbocycles. The Morgan fingerprint density at radius 3 is 2.89 bits per heavy atom. The smallest absolute Gasteiger partial charge is 0.0490 e. The summed E-state index contributed by atoms with van der Waals surface area (Å²) in [5, 5.41) is 7.83. The van der Waals surface area contributed by atoms with Crippen molar-refractivity contribution in [2.45, 2.75) is 26.3 Å². The average molecular weight is 325 g/mol. The SMILES string of the molecule is Cc1cc(NC(C)Cc2ccsc2)c(Br)cc1N. The van der Waals surface area contributed by atoms with Crippen LogP contribution in [0.5, 0.6) is 0 Å². The van der Waals surface area contributed by atoms with Crippen LogP contribution in [-0.4, -0.2) is 6.04 Å². The molecule has 0 aliphatic carbocycles. The van der Waals surface area contributed by atoms with Gasteiger partial charge in [0.1, 0.15) is 0 Å². The summed E-state index contributed by atoms with van der Waals surface area (Å²) in [5.74, 6) is 0. The van der Waals surface area contributed by atoms with Crippen LogP contribution in [0.1, 0.15) is 18.1 Å². The molecule has 18 heavy (non-hydrogen) atoms. The van der Waals surface area contributed by atoms with Crippen LogP contribution in [0, 0.1) is 6.92 Å². The molecule has 0 spiro atoms. The number of thiophene rings is 1. The van der Waals surface area contributed by atoms with E-state index in [1.807, 2.05) is 13.0 Å². The van der Waals surface area contributed by atoms with Crippen LogP contribution < -0.4 is 11.1 Å². The molecule has 0 saturated heterocycles. The van der Waals surface area contributed by atoms with Gasteiger partial charge in [-0.05, 0) is 76.3 Å². The van der Waals surface area contributed by atoms with Crippen molar-refractivity contribution in [3.63, 3.8) is 0 Å². The molecule has 2 rings (SSSR count). The molecule has 0 aliphatic rings. The first-order valence-electron chi connectivity index (χ1n) is 5.89. The van der Waals surface area contributed by atoms with E-state index in [9.17, 15) is 0 Å². The average Bonchev–Trinajstić information content (AvgIpc) is 2.78. The summed E-state index contributed by atoms with van der Waals surface area (Å²) in [6.07, 6.45) is 1.03. The molecule has 1 aromatic heterocycles. The lowest BCUT2D eigenvalue weighted by Gasteiger charge is -2.17. The first-order chi connectivity index (χ1) is 8.56. The number of aryl methyl sites for hydroxylation is 1. The molecule has 96 valence electrons. The van der Waals surface area contributed by atoms with E-state index in [1.54, 1.807) is 11.3 Å². The third-order valence-corrected chi connectivity index (χ3v) is 4.27. The maximum absolute atomic E-state index is 5.87. The molecule has 0 amide bonds. The fourth-order valence-electron chi connectivity index (χ4n) is 1.89. The van der Waals surface area contributed by atoms with E-state index in [0.29, 0.717) is 6.04 Å². The summed E-state index contributed by atoms with van der Waals surface area (Å²) in [4.78, 5) is 0. The van der Waals surface area contributed by atoms with Crippen molar-refractivity contribution in [2.75, 3.05) is 11.1 Å². The zero-order valence-corrected chi connectivity index (χ0v) is 12.9. The number of hydrogen-bond acceptors (Lipinski definition) is 3. The third-order valence-electron chi connectivity index (χ3n) is 2.88. The van der Waals surface area contributed by atoms with Gasteiger partial charge in [-0.3, -0.25) is 0 Å². The maximum atomic E-state index is 5.87. The molecule has 0 fully saturated rings. The van der Waals surface area contributed by atoms with Crippen molar-refractivity contribution in [1.82, 2.24) is 0 Å². The highest BCUT2D eigenvalue weighted by Gasteiger charge is 2.08. The monoisotopic (exact) mass is 324 g/mol. The molecular weight excluding hydrogens is 308 g/mol. The fourth-order valence-corrected chi connectivity index (χ4v) is 3.04. The molecule has 1 unspecified atom stereocenters. The van der Waals surface area contributed by atoms with Gasteiger partial charge in [-0.15, -0.1) is 0 Å². The van der Waals surface area contributed by atoms with Crippen molar-refractivity contribution in [1.29, 1.82) is 0 Å². The summed E-state index contributed by atoms with van der Waals surface area (Å²) in [5.41, 5.74) is 10.3. The van der Waals surface area contributed by atoms with Gasteiger partial charge in [-0.2, -0.15) is 11.3 Å². The summed E-state index contributed by atoms with van der Waals surface area (Å²) in [6.45, 7) is 4.21. The zero-order valence-electron chi connectivity index (χ0n) is 10.5. The molecular formula is C14H17BrN2S. The first-order valence-corrected chi connectivity index (χ1v) is 7.63. The minimum atomic E-state index is 0.388. The highest BCUT2D eigenvalue weighted by Crippen LogP contribution is 2.28. The summed E-state index contributed by atoms with van der Waals surface area (Å²) >= 11 is 5.29. The molecule has 1 aromatic carbocycles. The molecule has 3 N–H and O–H groups in total. The van der Waals surface area contributed by atoms with Crippen LogP contribution in [0.25, 0.3) is 0 Å². The van der Waals surface area contributed by atoms with Gasteiger partial charge < -0.3 is 11.1 Å². The Bertz CT molecular complexity index is 523. The van der Waals surface area contributed by atoms with Crippen LogP contribution in [0.15, 0.2) is 33.4 Å². The third kappa shape index (κ3) is 3.27. The molecule has 0 radical (unpaired) electrons. The standard InChI is InChI=1S/C14H17BrN2S/c1-9-5-14(12(15)7-13(9)16)17-10(2)6-11-3-4-18-8-11/h3-5,7-8,10,17H,6,16H2,1-2H3. The van der Waals surface area contributed by atoms with E-state index < -0.39 is 0 Å². The number of rotatable bonds is 4.